The molecule has 0 bridgehead atoms. The molecule has 0 aliphatic heterocycles. The summed E-state index contributed by atoms with van der Waals surface area (Å²) in [5.74, 6) is 0. The summed E-state index contributed by atoms with van der Waals surface area (Å²) in [6.07, 6.45) is 0. The van der Waals surface area contributed by atoms with Gasteiger partial charge in [0.2, 0.25) is 0 Å². The van der Waals surface area contributed by atoms with Gasteiger partial charge in [0.15, 0.2) is 0 Å². The predicted octanol–water partition coefficient (Wildman–Crippen LogP) is 3.46. The lowest BCUT2D eigenvalue weighted by molar-refractivity contribution is 0.643. The Kier molecular flexibility index (Phi) is 3.54. The zero-order valence-electron chi connectivity index (χ0n) is 11.3. The van der Waals surface area contributed by atoms with E-state index in [0.29, 0.717) is 0 Å². The number of nitrogens with zero attached hydrogens (tertiary/aromatic N) is 3. The third kappa shape index (κ3) is 2.23. The van der Waals surface area contributed by atoms with E-state index >= 15 is 0 Å². The summed E-state index contributed by atoms with van der Waals surface area (Å²) >= 11 is 3.53. The molecule has 2 aromatic carbocycles. The highest BCUT2D eigenvalue weighted by atomic mass is 79.9. The van der Waals surface area contributed by atoms with Crippen molar-refractivity contribution in [2.45, 2.75) is 13.0 Å². The lowest BCUT2D eigenvalue weighted by atomic mass is 10.1. The highest BCUT2D eigenvalue weighted by Gasteiger charge is 2.14. The Morgan fingerprint density at radius 2 is 2.00 bits per heavy atom. The molecule has 5 heteroatoms. The molecule has 1 N–H and O–H groups in total. The standard InChI is InChI=1S/C15H15BrN4/c1-10(17-2)12-9-11(16)7-8-14(12)20-15-6-4-3-5-13(15)18-19-20/h3-10,17H,1-2H3. The summed E-state index contributed by atoms with van der Waals surface area (Å²) < 4.78 is 2.95. The highest BCUT2D eigenvalue weighted by molar-refractivity contribution is 9.10. The maximum absolute atomic E-state index is 4.30. The molecule has 1 unspecified atom stereocenters. The summed E-state index contributed by atoms with van der Waals surface area (Å²) in [5, 5.41) is 11.8. The first-order chi connectivity index (χ1) is 9.70. The summed E-state index contributed by atoms with van der Waals surface area (Å²) in [6, 6.07) is 14.4. The summed E-state index contributed by atoms with van der Waals surface area (Å²) in [4.78, 5) is 0. The van der Waals surface area contributed by atoms with E-state index in [0.717, 1.165) is 21.2 Å². The summed E-state index contributed by atoms with van der Waals surface area (Å²) in [6.45, 7) is 2.13. The molecule has 0 saturated carbocycles. The van der Waals surface area contributed by atoms with E-state index in [4.69, 9.17) is 0 Å². The van der Waals surface area contributed by atoms with Gasteiger partial charge in [-0.3, -0.25) is 0 Å². The molecule has 0 saturated heterocycles. The van der Waals surface area contributed by atoms with Crippen molar-refractivity contribution in [3.05, 3.63) is 52.5 Å². The molecule has 0 fully saturated rings. The monoisotopic (exact) mass is 330 g/mol. The van der Waals surface area contributed by atoms with Crippen LogP contribution in [-0.2, 0) is 0 Å². The zero-order valence-corrected chi connectivity index (χ0v) is 12.9. The van der Waals surface area contributed by atoms with Gasteiger partial charge in [0.05, 0.1) is 11.2 Å². The van der Waals surface area contributed by atoms with Crippen LogP contribution >= 0.6 is 15.9 Å². The molecule has 4 nitrogen and oxygen atoms in total. The average molecular weight is 331 g/mol. The zero-order chi connectivity index (χ0) is 14.1. The van der Waals surface area contributed by atoms with Crippen molar-refractivity contribution >= 4 is 27.0 Å². The van der Waals surface area contributed by atoms with Crippen LogP contribution in [0.5, 0.6) is 0 Å². The normalized spacial score (nSPS) is 12.8. The predicted molar refractivity (Wildman–Crippen MR) is 84.0 cm³/mol. The molecule has 0 amide bonds. The molecule has 20 heavy (non-hydrogen) atoms. The van der Waals surface area contributed by atoms with E-state index in [1.807, 2.05) is 42.1 Å². The molecule has 1 atom stereocenters. The van der Waals surface area contributed by atoms with E-state index in [1.165, 1.54) is 5.56 Å². The molecule has 1 heterocycles. The summed E-state index contributed by atoms with van der Waals surface area (Å²) in [7, 11) is 1.95. The van der Waals surface area contributed by atoms with Crippen LogP contribution in [-0.4, -0.2) is 22.0 Å². The molecular weight excluding hydrogens is 316 g/mol. The summed E-state index contributed by atoms with van der Waals surface area (Å²) in [5.41, 5.74) is 4.14. The van der Waals surface area contributed by atoms with Crippen molar-refractivity contribution in [2.24, 2.45) is 0 Å². The fourth-order valence-electron chi connectivity index (χ4n) is 2.27. The molecule has 0 radical (unpaired) electrons. The van der Waals surface area contributed by atoms with Crippen LogP contribution in [0.4, 0.5) is 0 Å². The Morgan fingerprint density at radius 3 is 2.80 bits per heavy atom. The first kappa shape index (κ1) is 13.3. The molecule has 0 aliphatic carbocycles. The Labute approximate surface area is 125 Å². The van der Waals surface area contributed by atoms with Gasteiger partial charge in [0.25, 0.3) is 0 Å². The Hall–Kier alpha value is -1.72. The van der Waals surface area contributed by atoms with E-state index in [9.17, 15) is 0 Å². The smallest absolute Gasteiger partial charge is 0.113 e. The molecule has 102 valence electrons. The van der Waals surface area contributed by atoms with Gasteiger partial charge in [-0.15, -0.1) is 5.10 Å². The first-order valence-corrected chi connectivity index (χ1v) is 7.27. The van der Waals surface area contributed by atoms with E-state index in [1.54, 1.807) is 0 Å². The second kappa shape index (κ2) is 5.34. The lowest BCUT2D eigenvalue weighted by Crippen LogP contribution is -2.15. The molecule has 3 rings (SSSR count). The van der Waals surface area contributed by atoms with Crippen molar-refractivity contribution < 1.29 is 0 Å². The Bertz CT molecular complexity index is 750. The van der Waals surface area contributed by atoms with Gasteiger partial charge in [-0.2, -0.15) is 0 Å². The topological polar surface area (TPSA) is 42.7 Å². The maximum atomic E-state index is 4.30. The second-order valence-electron chi connectivity index (χ2n) is 4.70. The van der Waals surface area contributed by atoms with Crippen LogP contribution in [0.25, 0.3) is 16.7 Å². The minimum Gasteiger partial charge on any atom is -0.313 e. The fourth-order valence-corrected chi connectivity index (χ4v) is 2.65. The number of fused-ring (bicyclic) bond motifs is 1. The van der Waals surface area contributed by atoms with Crippen LogP contribution in [0.3, 0.4) is 0 Å². The molecular formula is C15H15BrN4. The SMILES string of the molecule is CNC(C)c1cc(Br)ccc1-n1nnc2ccccc21. The quantitative estimate of drug-likeness (QED) is 0.799. The maximum Gasteiger partial charge on any atom is 0.113 e. The van der Waals surface area contributed by atoms with Gasteiger partial charge < -0.3 is 5.32 Å². The van der Waals surface area contributed by atoms with Crippen molar-refractivity contribution in [2.75, 3.05) is 7.05 Å². The van der Waals surface area contributed by atoms with Gasteiger partial charge in [-0.25, -0.2) is 4.68 Å². The number of hydrogen-bond acceptors (Lipinski definition) is 3. The van der Waals surface area contributed by atoms with Gasteiger partial charge >= 0.3 is 0 Å². The molecule has 0 aliphatic rings. The van der Waals surface area contributed by atoms with E-state index < -0.39 is 0 Å². The number of nitrogens with one attached hydrogen (secondary N) is 1. The van der Waals surface area contributed by atoms with Gasteiger partial charge in [0, 0.05) is 10.5 Å². The van der Waals surface area contributed by atoms with E-state index in [2.05, 4.69) is 50.6 Å². The second-order valence-corrected chi connectivity index (χ2v) is 5.62. The molecule has 1 aromatic heterocycles. The van der Waals surface area contributed by atoms with Crippen molar-refractivity contribution in [3.8, 4) is 5.69 Å². The minimum atomic E-state index is 0.227. The lowest BCUT2D eigenvalue weighted by Gasteiger charge is -2.16. The van der Waals surface area contributed by atoms with Crippen LogP contribution in [0.2, 0.25) is 0 Å². The van der Waals surface area contributed by atoms with Gasteiger partial charge in [-0.1, -0.05) is 33.3 Å². The van der Waals surface area contributed by atoms with Crippen LogP contribution in [0, 0.1) is 0 Å². The largest absolute Gasteiger partial charge is 0.313 e. The Balaban J connectivity index is 2.23. The number of hydrogen-bond donors (Lipinski definition) is 1. The first-order valence-electron chi connectivity index (χ1n) is 6.48. The third-order valence-electron chi connectivity index (χ3n) is 3.47. The average Bonchev–Trinajstić information content (AvgIpc) is 2.90. The van der Waals surface area contributed by atoms with E-state index in [-0.39, 0.29) is 6.04 Å². The van der Waals surface area contributed by atoms with Crippen LogP contribution in [0.1, 0.15) is 18.5 Å². The van der Waals surface area contributed by atoms with Crippen molar-refractivity contribution in [1.29, 1.82) is 0 Å². The number of halogens is 1. The number of benzene rings is 2. The number of rotatable bonds is 3. The fraction of sp³-hybridized carbons (Fsp3) is 0.200. The molecule has 0 spiro atoms. The molecule has 3 aromatic rings. The Morgan fingerprint density at radius 1 is 1.20 bits per heavy atom. The minimum absolute atomic E-state index is 0.227. The van der Waals surface area contributed by atoms with Crippen molar-refractivity contribution in [3.63, 3.8) is 0 Å². The highest BCUT2D eigenvalue weighted by Crippen LogP contribution is 2.27. The van der Waals surface area contributed by atoms with Crippen LogP contribution < -0.4 is 5.32 Å². The van der Waals surface area contributed by atoms with Gasteiger partial charge in [0.1, 0.15) is 5.52 Å². The van der Waals surface area contributed by atoms with Gasteiger partial charge in [-0.05, 0) is 49.9 Å². The van der Waals surface area contributed by atoms with Crippen molar-refractivity contribution in [1.82, 2.24) is 20.3 Å². The van der Waals surface area contributed by atoms with Crippen LogP contribution in [0.15, 0.2) is 46.9 Å². The number of aromatic nitrogens is 3. The third-order valence-corrected chi connectivity index (χ3v) is 3.96. The number of para-hydroxylation sites is 1.